The fourth-order valence-electron chi connectivity index (χ4n) is 2.32. The van der Waals surface area contributed by atoms with Crippen molar-refractivity contribution >= 4 is 5.91 Å². The van der Waals surface area contributed by atoms with E-state index in [1.807, 2.05) is 5.32 Å². The van der Waals surface area contributed by atoms with Crippen molar-refractivity contribution in [2.75, 3.05) is 0 Å². The van der Waals surface area contributed by atoms with Gasteiger partial charge in [0, 0.05) is 5.56 Å². The third-order valence-corrected chi connectivity index (χ3v) is 3.55. The molecule has 0 aliphatic carbocycles. The smallest absolute Gasteiger partial charge is 0.337 e. The topological polar surface area (TPSA) is 59.8 Å². The minimum absolute atomic E-state index is 0.0254. The number of aromatic nitrogens is 3. The molecule has 0 saturated heterocycles. The lowest BCUT2D eigenvalue weighted by atomic mass is 10.1. The van der Waals surface area contributed by atoms with Crippen molar-refractivity contribution in [1.29, 1.82) is 0 Å². The Morgan fingerprint density at radius 1 is 1.04 bits per heavy atom. The average Bonchev–Trinajstić information content (AvgIpc) is 3.14. The van der Waals surface area contributed by atoms with Gasteiger partial charge in [-0.05, 0) is 29.8 Å². The minimum atomic E-state index is -4.60. The van der Waals surface area contributed by atoms with E-state index in [-0.39, 0.29) is 11.1 Å². The first-order valence-corrected chi connectivity index (χ1v) is 7.33. The lowest BCUT2D eigenvalue weighted by molar-refractivity contribution is -0.155. The maximum Gasteiger partial charge on any atom is 0.412 e. The van der Waals surface area contributed by atoms with Crippen molar-refractivity contribution in [3.05, 3.63) is 78.4 Å². The van der Waals surface area contributed by atoms with Crippen molar-refractivity contribution < 1.29 is 18.0 Å². The molecule has 25 heavy (non-hydrogen) atoms. The molecule has 3 rings (SSSR count). The summed E-state index contributed by atoms with van der Waals surface area (Å²) in [5.74, 6) is -0.809. The third kappa shape index (κ3) is 3.85. The Labute approximate surface area is 141 Å². The Kier molecular flexibility index (Phi) is 4.51. The summed E-state index contributed by atoms with van der Waals surface area (Å²) in [5.41, 5.74) is 0.737. The fraction of sp³-hybridized carbons (Fsp3) is 0.118. The van der Waals surface area contributed by atoms with E-state index in [0.29, 0.717) is 5.69 Å². The number of alkyl halides is 3. The van der Waals surface area contributed by atoms with Gasteiger partial charge in [0.05, 0.1) is 5.69 Å². The number of nitrogens with zero attached hydrogens (tertiary/aromatic N) is 3. The predicted molar refractivity (Wildman–Crippen MR) is 84.1 cm³/mol. The van der Waals surface area contributed by atoms with Crippen LogP contribution in [0.5, 0.6) is 0 Å². The van der Waals surface area contributed by atoms with Gasteiger partial charge < -0.3 is 5.32 Å². The van der Waals surface area contributed by atoms with Crippen molar-refractivity contribution in [3.8, 4) is 5.69 Å². The number of halogens is 3. The molecule has 0 bridgehead atoms. The lowest BCUT2D eigenvalue weighted by Crippen LogP contribution is -2.38. The van der Waals surface area contributed by atoms with Crippen molar-refractivity contribution in [2.45, 2.75) is 12.2 Å². The monoisotopic (exact) mass is 346 g/mol. The number of amides is 1. The molecule has 0 spiro atoms. The van der Waals surface area contributed by atoms with Crippen LogP contribution in [0.1, 0.15) is 22.0 Å². The zero-order valence-corrected chi connectivity index (χ0v) is 12.8. The number of hydrogen-bond acceptors (Lipinski definition) is 3. The Bertz CT molecular complexity index is 831. The van der Waals surface area contributed by atoms with Crippen LogP contribution in [0.25, 0.3) is 5.69 Å². The zero-order valence-electron chi connectivity index (χ0n) is 12.8. The number of hydrogen-bond donors (Lipinski definition) is 1. The molecule has 1 atom stereocenters. The van der Waals surface area contributed by atoms with Gasteiger partial charge in [-0.3, -0.25) is 4.79 Å². The molecule has 1 N–H and O–H groups in total. The second-order valence-corrected chi connectivity index (χ2v) is 5.25. The molecule has 1 heterocycles. The molecule has 0 aliphatic rings. The van der Waals surface area contributed by atoms with Crippen molar-refractivity contribution in [3.63, 3.8) is 0 Å². The Hall–Kier alpha value is -3.16. The molecule has 128 valence electrons. The van der Waals surface area contributed by atoms with Gasteiger partial charge in [0.1, 0.15) is 12.7 Å². The van der Waals surface area contributed by atoms with Crippen LogP contribution in [-0.2, 0) is 0 Å². The maximum atomic E-state index is 13.3. The molecule has 0 aliphatic heterocycles. The van der Waals surface area contributed by atoms with Gasteiger partial charge in [-0.25, -0.2) is 9.67 Å². The quantitative estimate of drug-likeness (QED) is 0.788. The summed E-state index contributed by atoms with van der Waals surface area (Å²) in [6.07, 6.45) is -1.77. The van der Waals surface area contributed by atoms with E-state index in [9.17, 15) is 18.0 Å². The van der Waals surface area contributed by atoms with Crippen LogP contribution in [0.15, 0.2) is 67.3 Å². The van der Waals surface area contributed by atoms with E-state index < -0.39 is 18.1 Å². The van der Waals surface area contributed by atoms with Crippen LogP contribution < -0.4 is 5.32 Å². The first-order valence-electron chi connectivity index (χ1n) is 7.33. The molecule has 8 heteroatoms. The summed E-state index contributed by atoms with van der Waals surface area (Å²) in [6, 6.07) is 11.2. The van der Waals surface area contributed by atoms with E-state index in [1.54, 1.807) is 18.2 Å². The minimum Gasteiger partial charge on any atom is -0.337 e. The molecule has 2 aromatic carbocycles. The number of rotatable bonds is 4. The van der Waals surface area contributed by atoms with E-state index in [0.717, 1.165) is 0 Å². The van der Waals surface area contributed by atoms with Gasteiger partial charge >= 0.3 is 6.18 Å². The van der Waals surface area contributed by atoms with Crippen LogP contribution in [0.4, 0.5) is 13.2 Å². The predicted octanol–water partition coefficient (Wildman–Crippen LogP) is 3.30. The molecule has 0 saturated carbocycles. The third-order valence-electron chi connectivity index (χ3n) is 3.55. The highest BCUT2D eigenvalue weighted by Gasteiger charge is 2.41. The summed E-state index contributed by atoms with van der Waals surface area (Å²) in [6.45, 7) is 0. The molecule has 5 nitrogen and oxygen atoms in total. The Morgan fingerprint density at radius 3 is 2.28 bits per heavy atom. The largest absolute Gasteiger partial charge is 0.412 e. The highest BCUT2D eigenvalue weighted by atomic mass is 19.4. The summed E-state index contributed by atoms with van der Waals surface area (Å²) in [7, 11) is 0. The van der Waals surface area contributed by atoms with Gasteiger partial charge in [-0.1, -0.05) is 30.3 Å². The van der Waals surface area contributed by atoms with Gasteiger partial charge in [0.2, 0.25) is 0 Å². The number of benzene rings is 2. The molecule has 1 aromatic heterocycles. The highest BCUT2D eigenvalue weighted by Crippen LogP contribution is 2.32. The summed E-state index contributed by atoms with van der Waals surface area (Å²) >= 11 is 0. The molecular formula is C17H13F3N4O. The summed E-state index contributed by atoms with van der Waals surface area (Å²) < 4.78 is 41.4. The molecule has 0 fully saturated rings. The summed E-state index contributed by atoms with van der Waals surface area (Å²) in [4.78, 5) is 16.0. The van der Waals surface area contributed by atoms with Crippen molar-refractivity contribution in [1.82, 2.24) is 20.1 Å². The van der Waals surface area contributed by atoms with Gasteiger partial charge in [-0.15, -0.1) is 0 Å². The van der Waals surface area contributed by atoms with E-state index in [1.165, 1.54) is 53.7 Å². The Balaban J connectivity index is 1.80. The van der Waals surface area contributed by atoms with Crippen LogP contribution in [-0.4, -0.2) is 26.8 Å². The second-order valence-electron chi connectivity index (χ2n) is 5.25. The van der Waals surface area contributed by atoms with Crippen LogP contribution in [0.2, 0.25) is 0 Å². The molecule has 0 radical (unpaired) electrons. The average molecular weight is 346 g/mol. The first kappa shape index (κ1) is 16.7. The zero-order chi connectivity index (χ0) is 17.9. The number of nitrogens with one attached hydrogen (secondary N) is 1. The Morgan fingerprint density at radius 2 is 1.72 bits per heavy atom. The number of carbonyl (C=O) groups is 1. The standard InChI is InChI=1S/C17H13F3N4O/c18-17(19,20)15(12-4-2-1-3-5-12)23-16(25)13-6-8-14(9-7-13)24-11-21-10-22-24/h1-11,15H,(H,23,25)/t15-/m0/s1. The van der Waals surface area contributed by atoms with Crippen LogP contribution in [0.3, 0.4) is 0 Å². The van der Waals surface area contributed by atoms with Crippen LogP contribution >= 0.6 is 0 Å². The highest BCUT2D eigenvalue weighted by molar-refractivity contribution is 5.94. The molecule has 1 amide bonds. The first-order chi connectivity index (χ1) is 11.9. The molecule has 0 unspecified atom stereocenters. The van der Waals surface area contributed by atoms with Crippen LogP contribution in [0, 0.1) is 0 Å². The van der Waals surface area contributed by atoms with Gasteiger partial charge in [-0.2, -0.15) is 18.3 Å². The lowest BCUT2D eigenvalue weighted by Gasteiger charge is -2.22. The van der Waals surface area contributed by atoms with E-state index in [4.69, 9.17) is 0 Å². The maximum absolute atomic E-state index is 13.3. The SMILES string of the molecule is O=C(N[C@@H](c1ccccc1)C(F)(F)F)c1ccc(-n2cncn2)cc1. The molecular weight excluding hydrogens is 333 g/mol. The second kappa shape index (κ2) is 6.76. The number of carbonyl (C=O) groups excluding carboxylic acids is 1. The van der Waals surface area contributed by atoms with Gasteiger partial charge in [0.15, 0.2) is 6.04 Å². The van der Waals surface area contributed by atoms with Crippen molar-refractivity contribution in [2.24, 2.45) is 0 Å². The van der Waals surface area contributed by atoms with E-state index >= 15 is 0 Å². The molecule has 3 aromatic rings. The summed E-state index contributed by atoms with van der Waals surface area (Å²) in [5, 5.41) is 5.98. The normalized spacial score (nSPS) is 12.6. The van der Waals surface area contributed by atoms with Gasteiger partial charge in [0.25, 0.3) is 5.91 Å². The van der Waals surface area contributed by atoms with E-state index in [2.05, 4.69) is 10.1 Å². The fourth-order valence-corrected chi connectivity index (χ4v) is 2.32.